The minimum Gasteiger partial charge on any atom is -0.284 e. The number of aryl methyl sites for hydroxylation is 1. The molecule has 3 nitrogen and oxygen atoms in total. The Morgan fingerprint density at radius 1 is 1.36 bits per heavy atom. The van der Waals surface area contributed by atoms with Gasteiger partial charge < -0.3 is 0 Å². The maximum Gasteiger partial charge on any atom is 0.180 e. The summed E-state index contributed by atoms with van der Waals surface area (Å²) in [7, 11) is 0. The highest BCUT2D eigenvalue weighted by Crippen LogP contribution is 2.12. The number of piperidine rings is 1. The van der Waals surface area contributed by atoms with E-state index in [0.717, 1.165) is 15.6 Å². The molecule has 0 radical (unpaired) electrons. The van der Waals surface area contributed by atoms with Gasteiger partial charge in [0, 0.05) is 0 Å². The summed E-state index contributed by atoms with van der Waals surface area (Å²) in [6.45, 7) is 5.27. The molecule has 5 heteroatoms. The predicted molar refractivity (Wildman–Crippen MR) is 61.1 cm³/mol. The summed E-state index contributed by atoms with van der Waals surface area (Å²) < 4.78 is 2.84. The Hall–Kier alpha value is -0.260. The Kier molecular flexibility index (Phi) is 3.30. The van der Waals surface area contributed by atoms with Gasteiger partial charge >= 0.3 is 0 Å². The number of hydrogen-bond donors (Lipinski definition) is 0. The molecule has 0 N–H and O–H groups in total. The monoisotopic (exact) mass is 229 g/mol. The van der Waals surface area contributed by atoms with Crippen molar-refractivity contribution < 1.29 is 0 Å². The molecule has 1 aliphatic rings. The van der Waals surface area contributed by atoms with Crippen LogP contribution in [0.15, 0.2) is 0 Å². The van der Waals surface area contributed by atoms with Crippen molar-refractivity contribution in [3.63, 3.8) is 0 Å². The van der Waals surface area contributed by atoms with E-state index in [-0.39, 0.29) is 0 Å². The molecule has 2 heterocycles. The zero-order valence-electron chi connectivity index (χ0n) is 8.40. The van der Waals surface area contributed by atoms with Gasteiger partial charge in [-0.3, -0.25) is 4.90 Å². The minimum atomic E-state index is 0.878. The van der Waals surface area contributed by atoms with Crippen molar-refractivity contribution in [2.45, 2.75) is 32.9 Å². The molecule has 0 aromatic carbocycles. The van der Waals surface area contributed by atoms with E-state index in [1.807, 2.05) is 11.6 Å². The molecule has 0 saturated carbocycles. The van der Waals surface area contributed by atoms with Crippen LogP contribution >= 0.6 is 23.6 Å². The summed E-state index contributed by atoms with van der Waals surface area (Å²) in [6, 6.07) is 0. The highest BCUT2D eigenvalue weighted by atomic mass is 32.1. The van der Waals surface area contributed by atoms with E-state index < -0.39 is 0 Å². The van der Waals surface area contributed by atoms with Gasteiger partial charge in [-0.2, -0.15) is 5.10 Å². The third-order valence-electron chi connectivity index (χ3n) is 2.49. The molecule has 0 amide bonds. The van der Waals surface area contributed by atoms with Gasteiger partial charge in [0.15, 0.2) is 3.95 Å². The van der Waals surface area contributed by atoms with E-state index in [1.165, 1.54) is 32.4 Å². The van der Waals surface area contributed by atoms with Crippen LogP contribution in [-0.2, 0) is 6.67 Å². The predicted octanol–water partition coefficient (Wildman–Crippen LogP) is 2.43. The Labute approximate surface area is 93.4 Å². The van der Waals surface area contributed by atoms with E-state index in [4.69, 9.17) is 12.2 Å². The molecule has 1 saturated heterocycles. The van der Waals surface area contributed by atoms with Gasteiger partial charge in [0.25, 0.3) is 0 Å². The number of hydrogen-bond acceptors (Lipinski definition) is 4. The smallest absolute Gasteiger partial charge is 0.180 e. The summed E-state index contributed by atoms with van der Waals surface area (Å²) in [5.74, 6) is 0. The van der Waals surface area contributed by atoms with Gasteiger partial charge in [-0.1, -0.05) is 17.8 Å². The maximum absolute atomic E-state index is 5.23. The van der Waals surface area contributed by atoms with Gasteiger partial charge in [-0.15, -0.1) is 0 Å². The first-order chi connectivity index (χ1) is 6.75. The quantitative estimate of drug-likeness (QED) is 0.727. The van der Waals surface area contributed by atoms with Gasteiger partial charge in [0.2, 0.25) is 0 Å². The Morgan fingerprint density at radius 2 is 2.07 bits per heavy atom. The zero-order chi connectivity index (χ0) is 9.97. The highest BCUT2D eigenvalue weighted by molar-refractivity contribution is 7.73. The average molecular weight is 229 g/mol. The van der Waals surface area contributed by atoms with Gasteiger partial charge in [-0.05, 0) is 45.1 Å². The van der Waals surface area contributed by atoms with Crippen LogP contribution in [0.25, 0.3) is 0 Å². The molecular weight excluding hydrogens is 214 g/mol. The molecule has 0 bridgehead atoms. The van der Waals surface area contributed by atoms with E-state index in [9.17, 15) is 0 Å². The molecule has 0 spiro atoms. The Bertz CT molecular complexity index is 349. The maximum atomic E-state index is 5.23. The summed E-state index contributed by atoms with van der Waals surface area (Å²) in [5, 5.41) is 5.46. The molecule has 1 aliphatic heterocycles. The van der Waals surface area contributed by atoms with Gasteiger partial charge in [0.1, 0.15) is 5.01 Å². The molecule has 1 fully saturated rings. The SMILES string of the molecule is Cc1nn(CN2CCCCC2)c(=S)s1. The number of aromatic nitrogens is 2. The molecule has 0 unspecified atom stereocenters. The molecule has 1 aromatic rings. The molecule has 1 aromatic heterocycles. The molecule has 2 rings (SSSR count). The Balaban J connectivity index is 2.02. The highest BCUT2D eigenvalue weighted by Gasteiger charge is 2.11. The standard InChI is InChI=1S/C9H15N3S2/c1-8-10-12(9(13)14-8)7-11-5-3-2-4-6-11/h2-7H2,1H3. The summed E-state index contributed by atoms with van der Waals surface area (Å²) >= 11 is 6.83. The lowest BCUT2D eigenvalue weighted by molar-refractivity contribution is 0.172. The lowest BCUT2D eigenvalue weighted by atomic mass is 10.1. The van der Waals surface area contributed by atoms with Gasteiger partial charge in [-0.25, -0.2) is 4.68 Å². The summed E-state index contributed by atoms with van der Waals surface area (Å²) in [5.41, 5.74) is 0. The zero-order valence-corrected chi connectivity index (χ0v) is 10.0. The summed E-state index contributed by atoms with van der Waals surface area (Å²) in [6.07, 6.45) is 4.00. The van der Waals surface area contributed by atoms with Crippen molar-refractivity contribution in [1.82, 2.24) is 14.7 Å². The van der Waals surface area contributed by atoms with E-state index in [2.05, 4.69) is 10.00 Å². The van der Waals surface area contributed by atoms with Crippen LogP contribution in [0, 0.1) is 10.9 Å². The fourth-order valence-electron chi connectivity index (χ4n) is 1.79. The molecular formula is C9H15N3S2. The second-order valence-corrected chi connectivity index (χ2v) is 5.53. The molecule has 0 aliphatic carbocycles. The number of likely N-dealkylation sites (tertiary alicyclic amines) is 1. The van der Waals surface area contributed by atoms with E-state index in [1.54, 1.807) is 11.3 Å². The fraction of sp³-hybridized carbons (Fsp3) is 0.778. The normalized spacial score (nSPS) is 18.6. The van der Waals surface area contributed by atoms with Crippen LogP contribution in [0.3, 0.4) is 0 Å². The topological polar surface area (TPSA) is 21.1 Å². The van der Waals surface area contributed by atoms with Gasteiger partial charge in [0.05, 0.1) is 6.67 Å². The first-order valence-electron chi connectivity index (χ1n) is 5.02. The van der Waals surface area contributed by atoms with Crippen LogP contribution in [0.4, 0.5) is 0 Å². The second kappa shape index (κ2) is 4.51. The lowest BCUT2D eigenvalue weighted by Crippen LogP contribution is -2.32. The summed E-state index contributed by atoms with van der Waals surface area (Å²) in [4.78, 5) is 2.43. The van der Waals surface area contributed by atoms with Crippen molar-refractivity contribution in [3.8, 4) is 0 Å². The fourth-order valence-corrected chi connectivity index (χ4v) is 2.85. The first kappa shape index (κ1) is 10.3. The number of rotatable bonds is 2. The van der Waals surface area contributed by atoms with Crippen LogP contribution in [0.1, 0.15) is 24.3 Å². The minimum absolute atomic E-state index is 0.878. The average Bonchev–Trinajstić information content (AvgIpc) is 2.47. The third-order valence-corrected chi connectivity index (χ3v) is 3.71. The van der Waals surface area contributed by atoms with Crippen LogP contribution < -0.4 is 0 Å². The third kappa shape index (κ3) is 2.40. The first-order valence-corrected chi connectivity index (χ1v) is 6.25. The number of nitrogens with zero attached hydrogens (tertiary/aromatic N) is 3. The van der Waals surface area contributed by atoms with E-state index >= 15 is 0 Å². The van der Waals surface area contributed by atoms with Crippen molar-refractivity contribution in [2.24, 2.45) is 0 Å². The molecule has 78 valence electrons. The van der Waals surface area contributed by atoms with Crippen molar-refractivity contribution in [1.29, 1.82) is 0 Å². The van der Waals surface area contributed by atoms with Crippen molar-refractivity contribution >= 4 is 23.6 Å². The van der Waals surface area contributed by atoms with E-state index in [0.29, 0.717) is 0 Å². The van der Waals surface area contributed by atoms with Crippen LogP contribution in [-0.4, -0.2) is 27.8 Å². The van der Waals surface area contributed by atoms with Crippen molar-refractivity contribution in [2.75, 3.05) is 13.1 Å². The molecule has 0 atom stereocenters. The molecule has 14 heavy (non-hydrogen) atoms. The van der Waals surface area contributed by atoms with Crippen LogP contribution in [0.5, 0.6) is 0 Å². The second-order valence-electron chi connectivity index (χ2n) is 3.71. The van der Waals surface area contributed by atoms with Crippen molar-refractivity contribution in [3.05, 3.63) is 8.96 Å². The Morgan fingerprint density at radius 3 is 2.64 bits per heavy atom. The lowest BCUT2D eigenvalue weighted by Gasteiger charge is -2.25. The van der Waals surface area contributed by atoms with Crippen LogP contribution in [0.2, 0.25) is 0 Å². The largest absolute Gasteiger partial charge is 0.284 e.